The first-order valence-electron chi connectivity index (χ1n) is 10.2. The molecule has 0 N–H and O–H groups in total. The van der Waals surface area contributed by atoms with Gasteiger partial charge in [0, 0.05) is 37.4 Å². The molecule has 164 valence electrons. The van der Waals surface area contributed by atoms with E-state index in [1.807, 2.05) is 20.8 Å². The second-order valence-electron chi connectivity index (χ2n) is 6.76. The average molecular weight is 445 g/mol. The molecule has 0 aromatic heterocycles. The Morgan fingerprint density at radius 1 is 1.24 bits per heavy atom. The van der Waals surface area contributed by atoms with E-state index in [0.717, 1.165) is 24.1 Å². The van der Waals surface area contributed by atoms with E-state index in [0.29, 0.717) is 26.2 Å². The zero-order valence-electron chi connectivity index (χ0n) is 18.0. The van der Waals surface area contributed by atoms with Crippen LogP contribution >= 0.6 is 11.6 Å². The summed E-state index contributed by atoms with van der Waals surface area (Å²) in [6, 6.07) is 6.00. The van der Waals surface area contributed by atoms with Crippen LogP contribution in [0.2, 0.25) is 0 Å². The molecule has 1 aliphatic heterocycles. The summed E-state index contributed by atoms with van der Waals surface area (Å²) in [4.78, 5) is 2.15. The Hall–Kier alpha value is -1.37. The van der Waals surface area contributed by atoms with Crippen molar-refractivity contribution in [3.63, 3.8) is 0 Å². The van der Waals surface area contributed by atoms with E-state index in [2.05, 4.69) is 18.4 Å². The summed E-state index contributed by atoms with van der Waals surface area (Å²) in [6.07, 6.45) is 3.62. The number of sulfonamides is 1. The van der Waals surface area contributed by atoms with Gasteiger partial charge in [-0.2, -0.15) is 4.31 Å². The van der Waals surface area contributed by atoms with E-state index in [9.17, 15) is 12.8 Å². The summed E-state index contributed by atoms with van der Waals surface area (Å²) in [6.45, 7) is 13.8. The maximum absolute atomic E-state index is 13.8. The third-order valence-corrected chi connectivity index (χ3v) is 7.07. The van der Waals surface area contributed by atoms with Gasteiger partial charge in [-0.05, 0) is 25.0 Å². The van der Waals surface area contributed by atoms with Crippen molar-refractivity contribution in [2.75, 3.05) is 26.2 Å². The van der Waals surface area contributed by atoms with Gasteiger partial charge >= 0.3 is 0 Å². The average Bonchev–Trinajstić information content (AvgIpc) is 2.72. The molecule has 0 bridgehead atoms. The molecule has 1 aromatic carbocycles. The third-order valence-electron chi connectivity index (χ3n) is 4.82. The maximum atomic E-state index is 13.8. The van der Waals surface area contributed by atoms with Gasteiger partial charge in [0.05, 0.1) is 11.1 Å². The van der Waals surface area contributed by atoms with Crippen LogP contribution in [0.4, 0.5) is 4.39 Å². The van der Waals surface area contributed by atoms with E-state index in [1.54, 1.807) is 18.2 Å². The maximum Gasteiger partial charge on any atom is 0.218 e. The van der Waals surface area contributed by atoms with Crippen molar-refractivity contribution >= 4 is 21.6 Å². The topological polar surface area (TPSA) is 40.6 Å². The molecule has 1 aliphatic rings. The lowest BCUT2D eigenvalue weighted by atomic mass is 10.1. The molecule has 4 nitrogen and oxygen atoms in total. The molecule has 7 heteroatoms. The number of nitrogens with zero attached hydrogens (tertiary/aromatic N) is 2. The van der Waals surface area contributed by atoms with Crippen molar-refractivity contribution in [3.05, 3.63) is 59.6 Å². The highest BCUT2D eigenvalue weighted by atomic mass is 35.5. The van der Waals surface area contributed by atoms with Crippen molar-refractivity contribution in [2.45, 2.75) is 51.7 Å². The van der Waals surface area contributed by atoms with Crippen molar-refractivity contribution in [1.82, 2.24) is 9.21 Å². The van der Waals surface area contributed by atoms with Gasteiger partial charge in [-0.15, -0.1) is 11.6 Å². The van der Waals surface area contributed by atoms with Gasteiger partial charge in [0.15, 0.2) is 0 Å². The van der Waals surface area contributed by atoms with Crippen LogP contribution < -0.4 is 0 Å². The summed E-state index contributed by atoms with van der Waals surface area (Å²) < 4.78 is 40.7. The molecular weight excluding hydrogens is 411 g/mol. The number of rotatable bonds is 8. The highest BCUT2D eigenvalue weighted by Gasteiger charge is 2.30. The molecule has 1 atom stereocenters. The molecular formula is C22H34ClFN2O2S. The zero-order chi connectivity index (χ0) is 22.0. The normalized spacial score (nSPS) is 17.1. The molecule has 1 unspecified atom stereocenters. The highest BCUT2D eigenvalue weighted by Crippen LogP contribution is 2.26. The van der Waals surface area contributed by atoms with Gasteiger partial charge in [0.25, 0.3) is 0 Å². The van der Waals surface area contributed by atoms with Crippen LogP contribution in [0.3, 0.4) is 0 Å². The van der Waals surface area contributed by atoms with Crippen LogP contribution in [0.15, 0.2) is 48.2 Å². The minimum Gasteiger partial charge on any atom is -0.371 e. The fourth-order valence-corrected chi connectivity index (χ4v) is 5.36. The van der Waals surface area contributed by atoms with Gasteiger partial charge in [0.1, 0.15) is 5.82 Å². The molecule has 1 fully saturated rings. The number of benzene rings is 1. The first-order valence-corrected chi connectivity index (χ1v) is 12.3. The molecule has 0 saturated carbocycles. The molecule has 2 rings (SSSR count). The smallest absolute Gasteiger partial charge is 0.218 e. The van der Waals surface area contributed by atoms with Crippen LogP contribution in [-0.4, -0.2) is 49.2 Å². The van der Waals surface area contributed by atoms with Crippen LogP contribution in [0, 0.1) is 5.82 Å². The van der Waals surface area contributed by atoms with E-state index in [-0.39, 0.29) is 16.7 Å². The van der Waals surface area contributed by atoms with Crippen molar-refractivity contribution in [2.24, 2.45) is 0 Å². The van der Waals surface area contributed by atoms with Crippen LogP contribution in [0.25, 0.3) is 0 Å². The monoisotopic (exact) mass is 444 g/mol. The predicted molar refractivity (Wildman–Crippen MR) is 121 cm³/mol. The molecule has 1 aromatic rings. The number of piperazine rings is 1. The van der Waals surface area contributed by atoms with Crippen LogP contribution in [0.1, 0.15) is 46.1 Å². The zero-order valence-corrected chi connectivity index (χ0v) is 19.6. The van der Waals surface area contributed by atoms with E-state index >= 15 is 0 Å². The Morgan fingerprint density at radius 3 is 2.34 bits per heavy atom. The molecule has 0 radical (unpaired) electrons. The Bertz CT molecular complexity index is 788. The van der Waals surface area contributed by atoms with E-state index < -0.39 is 15.8 Å². The summed E-state index contributed by atoms with van der Waals surface area (Å²) in [5.41, 5.74) is 2.25. The second-order valence-corrected chi connectivity index (χ2v) is 9.26. The number of allylic oxidation sites excluding steroid dienone is 3. The second kappa shape index (κ2) is 12.4. The Labute approximate surface area is 181 Å². The Morgan fingerprint density at radius 2 is 1.83 bits per heavy atom. The van der Waals surface area contributed by atoms with E-state index in [1.165, 1.54) is 16.4 Å². The van der Waals surface area contributed by atoms with Crippen molar-refractivity contribution in [3.8, 4) is 0 Å². The first-order chi connectivity index (χ1) is 13.8. The summed E-state index contributed by atoms with van der Waals surface area (Å²) >= 11 is 6.58. The third kappa shape index (κ3) is 7.12. The number of hydrogen-bond donors (Lipinski definition) is 0. The highest BCUT2D eigenvalue weighted by molar-refractivity contribution is 7.88. The van der Waals surface area contributed by atoms with Gasteiger partial charge in [0.2, 0.25) is 10.0 Å². The Kier molecular flexibility index (Phi) is 10.9. The summed E-state index contributed by atoms with van der Waals surface area (Å²) in [5, 5.41) is -0.116. The lowest BCUT2D eigenvalue weighted by Crippen LogP contribution is -2.49. The largest absolute Gasteiger partial charge is 0.371 e. The van der Waals surface area contributed by atoms with Crippen molar-refractivity contribution in [1.29, 1.82) is 0 Å². The minimum atomic E-state index is -3.57. The number of alkyl halides is 1. The molecule has 1 saturated heterocycles. The molecule has 1 heterocycles. The quantitative estimate of drug-likeness (QED) is 0.410. The fraction of sp³-hybridized carbons (Fsp3) is 0.545. The SMILES string of the molecule is C=C/C(C)=C(\C(Cl)CCC)N1CCN(S(=O)(=O)Cc2ccccc2F)CC1.CC. The van der Waals surface area contributed by atoms with Crippen molar-refractivity contribution < 1.29 is 12.8 Å². The number of hydrogen-bond acceptors (Lipinski definition) is 3. The first kappa shape index (κ1) is 25.7. The van der Waals surface area contributed by atoms with Gasteiger partial charge < -0.3 is 4.90 Å². The van der Waals surface area contributed by atoms with E-state index in [4.69, 9.17) is 11.6 Å². The minimum absolute atomic E-state index is 0.116. The molecule has 0 aliphatic carbocycles. The molecule has 29 heavy (non-hydrogen) atoms. The van der Waals surface area contributed by atoms with Crippen LogP contribution in [0.5, 0.6) is 0 Å². The van der Waals surface area contributed by atoms with Gasteiger partial charge in [-0.1, -0.05) is 58.0 Å². The summed E-state index contributed by atoms with van der Waals surface area (Å²) in [5.74, 6) is -0.807. The standard InChI is InChI=1S/C20H28ClFN2O2S.C2H6/c1-4-8-18(21)20(16(3)5-2)23-11-13-24(14-12-23)27(25,26)15-17-9-6-7-10-19(17)22;1-2/h5-7,9-10,18H,2,4,8,11-15H2,1,3H3;1-2H3/b20-16+;. The molecule has 0 amide bonds. The lowest BCUT2D eigenvalue weighted by Gasteiger charge is -2.38. The molecule has 0 spiro atoms. The lowest BCUT2D eigenvalue weighted by molar-refractivity contribution is 0.222. The van der Waals surface area contributed by atoms with Gasteiger partial charge in [-0.25, -0.2) is 12.8 Å². The Balaban J connectivity index is 0.00000204. The van der Waals surface area contributed by atoms with Gasteiger partial charge in [-0.3, -0.25) is 0 Å². The number of halogens is 2. The van der Waals surface area contributed by atoms with Crippen LogP contribution in [-0.2, 0) is 15.8 Å². The predicted octanol–water partition coefficient (Wildman–Crippen LogP) is 5.17. The summed E-state index contributed by atoms with van der Waals surface area (Å²) in [7, 11) is -3.57. The fourth-order valence-electron chi connectivity index (χ4n) is 3.30.